The maximum Gasteiger partial charge on any atom is 0.204 e. The van der Waals surface area contributed by atoms with E-state index in [-0.39, 0.29) is 29.7 Å². The quantitative estimate of drug-likeness (QED) is 0.321. The van der Waals surface area contributed by atoms with E-state index in [1.165, 1.54) is 6.07 Å². The van der Waals surface area contributed by atoms with Gasteiger partial charge in [-0.15, -0.1) is 0 Å². The van der Waals surface area contributed by atoms with Gasteiger partial charge >= 0.3 is 0 Å². The van der Waals surface area contributed by atoms with Crippen molar-refractivity contribution in [3.8, 4) is 0 Å². The molecule has 1 saturated heterocycles. The Morgan fingerprint density at radius 1 is 1.36 bits per heavy atom. The van der Waals surface area contributed by atoms with Crippen molar-refractivity contribution in [3.63, 3.8) is 0 Å². The summed E-state index contributed by atoms with van der Waals surface area (Å²) >= 11 is 7.60. The largest absolute Gasteiger partial charge is 0.389 e. The molecule has 0 radical (unpaired) electrons. The molecule has 11 heteroatoms. The van der Waals surface area contributed by atoms with Crippen LogP contribution in [0, 0.1) is 5.82 Å². The molecule has 3 atom stereocenters. The van der Waals surface area contributed by atoms with Crippen LogP contribution in [0.5, 0.6) is 0 Å². The van der Waals surface area contributed by atoms with Crippen LogP contribution in [0.15, 0.2) is 40.1 Å². The summed E-state index contributed by atoms with van der Waals surface area (Å²) in [5.74, 6) is 0.933. The molecule has 2 aliphatic heterocycles. The number of thioether (sulfide) groups is 1. The summed E-state index contributed by atoms with van der Waals surface area (Å²) in [4.78, 5) is 18.6. The number of amidine groups is 1. The Kier molecular flexibility index (Phi) is 11.7. The Labute approximate surface area is 202 Å². The van der Waals surface area contributed by atoms with Crippen molar-refractivity contribution < 1.29 is 23.5 Å². The lowest BCUT2D eigenvalue weighted by molar-refractivity contribution is -0.165. The summed E-state index contributed by atoms with van der Waals surface area (Å²) in [7, 11) is 0. The predicted molar refractivity (Wildman–Crippen MR) is 130 cm³/mol. The third-order valence-electron chi connectivity index (χ3n) is 4.80. The van der Waals surface area contributed by atoms with Crippen molar-refractivity contribution in [3.05, 3.63) is 46.4 Å². The monoisotopic (exact) mass is 500 g/mol. The van der Waals surface area contributed by atoms with E-state index in [0.29, 0.717) is 44.0 Å². The number of aryl methyl sites for hydroxylation is 1. The topological polar surface area (TPSA) is 122 Å². The van der Waals surface area contributed by atoms with Gasteiger partial charge in [-0.3, -0.25) is 4.79 Å². The van der Waals surface area contributed by atoms with Gasteiger partial charge < -0.3 is 25.8 Å². The molecule has 0 aromatic heterocycles. The summed E-state index contributed by atoms with van der Waals surface area (Å²) in [5.41, 5.74) is 12.3. The van der Waals surface area contributed by atoms with Crippen LogP contribution in [-0.4, -0.2) is 61.5 Å². The first-order valence-electron chi connectivity index (χ1n) is 10.4. The van der Waals surface area contributed by atoms with Crippen molar-refractivity contribution in [2.45, 2.75) is 44.5 Å². The number of nitrogens with zero attached hydrogens (tertiary/aromatic N) is 2. The first-order chi connectivity index (χ1) is 15.9. The Morgan fingerprint density at radius 2 is 2.12 bits per heavy atom. The van der Waals surface area contributed by atoms with Crippen LogP contribution < -0.4 is 11.5 Å². The van der Waals surface area contributed by atoms with Gasteiger partial charge in [0.05, 0.1) is 35.9 Å². The summed E-state index contributed by atoms with van der Waals surface area (Å²) in [6.07, 6.45) is 5.97. The highest BCUT2D eigenvalue weighted by molar-refractivity contribution is 7.98. The number of ether oxygens (including phenoxy) is 2. The highest BCUT2D eigenvalue weighted by atomic mass is 35.5. The fourth-order valence-corrected chi connectivity index (χ4v) is 4.06. The average molecular weight is 501 g/mol. The molecule has 0 bridgehead atoms. The Hall–Kier alpha value is -2.14. The Balaban J connectivity index is 0.00000122. The van der Waals surface area contributed by atoms with Gasteiger partial charge in [0.25, 0.3) is 0 Å². The first-order valence-corrected chi connectivity index (χ1v) is 12.2. The second kappa shape index (κ2) is 14.2. The van der Waals surface area contributed by atoms with Gasteiger partial charge in [-0.25, -0.2) is 9.38 Å². The number of halogens is 2. The zero-order valence-corrected chi connectivity index (χ0v) is 20.3. The average Bonchev–Trinajstić information content (AvgIpc) is 3.27. The van der Waals surface area contributed by atoms with Crippen LogP contribution in [0.3, 0.4) is 0 Å². The molecule has 8 nitrogen and oxygen atoms in total. The van der Waals surface area contributed by atoms with Gasteiger partial charge in [-0.2, -0.15) is 11.8 Å². The van der Waals surface area contributed by atoms with Gasteiger partial charge in [0.2, 0.25) is 6.41 Å². The number of nitrogens with two attached hydrogens (primary N) is 2. The molecule has 2 heterocycles. The van der Waals surface area contributed by atoms with Gasteiger partial charge in [0.1, 0.15) is 17.6 Å². The van der Waals surface area contributed by atoms with Gasteiger partial charge in [0, 0.05) is 12.2 Å². The number of carbonyl (C=O) groups excluding carboxylic acids is 1. The normalized spacial score (nSPS) is 23.3. The highest BCUT2D eigenvalue weighted by Crippen LogP contribution is 2.25. The molecular formula is C22H30ClFN4O4S. The van der Waals surface area contributed by atoms with Gasteiger partial charge in [-0.05, 0) is 43.7 Å². The minimum Gasteiger partial charge on any atom is -0.389 e. The predicted octanol–water partition coefficient (Wildman–Crippen LogP) is 3.07. The molecular weight excluding hydrogens is 471 g/mol. The third-order valence-corrected chi connectivity index (χ3v) is 5.79. The lowest BCUT2D eigenvalue weighted by Crippen LogP contribution is -2.43. The van der Waals surface area contributed by atoms with E-state index in [4.69, 9.17) is 36.4 Å². The summed E-state index contributed by atoms with van der Waals surface area (Å²) in [6, 6.07) is 4.74. The van der Waals surface area contributed by atoms with Crippen LogP contribution in [0.4, 0.5) is 4.39 Å². The summed E-state index contributed by atoms with van der Waals surface area (Å²) in [6.45, 7) is 2.78. The number of benzene rings is 1. The number of allylic oxidation sites excluding steroid dienone is 2. The zero-order valence-electron chi connectivity index (χ0n) is 18.7. The first kappa shape index (κ1) is 27.1. The fraction of sp³-hybridized carbons (Fsp3) is 0.500. The lowest BCUT2D eigenvalue weighted by Gasteiger charge is -2.31. The highest BCUT2D eigenvalue weighted by Gasteiger charge is 2.35. The minimum absolute atomic E-state index is 0.123. The van der Waals surface area contributed by atoms with E-state index in [1.54, 1.807) is 30.8 Å². The maximum absolute atomic E-state index is 13.3. The molecule has 4 N–H and O–H groups in total. The Bertz CT molecular complexity index is 872. The van der Waals surface area contributed by atoms with E-state index in [2.05, 4.69) is 15.9 Å². The number of oxime groups is 1. The molecule has 33 heavy (non-hydrogen) atoms. The molecule has 0 saturated carbocycles. The van der Waals surface area contributed by atoms with E-state index in [0.717, 1.165) is 17.0 Å². The number of rotatable bonds is 8. The van der Waals surface area contributed by atoms with Crippen molar-refractivity contribution >= 4 is 41.3 Å². The molecule has 3 rings (SSSR count). The standard InChI is InChI=1S/C21H27ClFN3O3S.CH3NO/c1-13(24)25-18(5-3-4-14-6-7-17(23)16(22)8-14)19-9-20(29-26-19)21-11-27-15(10-28-21)12-30-2;2-1-3/h5-8,15,20-21H,3-4,9-12H2,1-2H3,(H2,24,25);1H,(H2,2,3)/b18-5-;. The third kappa shape index (κ3) is 8.96. The SMILES string of the molecule is CSCC1COC(C2CC(/C(=C/CCc3ccc(F)c(Cl)c3)N=C(C)N)=NO2)CO1.NC=O. The molecule has 2 aliphatic rings. The van der Waals surface area contributed by atoms with E-state index >= 15 is 0 Å². The van der Waals surface area contributed by atoms with Gasteiger partial charge in [0.15, 0.2) is 6.10 Å². The summed E-state index contributed by atoms with van der Waals surface area (Å²) in [5, 5.41) is 4.35. The van der Waals surface area contributed by atoms with E-state index in [9.17, 15) is 4.39 Å². The number of hydrogen-bond donors (Lipinski definition) is 2. The second-order valence-corrected chi connectivity index (χ2v) is 8.75. The second-order valence-electron chi connectivity index (χ2n) is 7.43. The molecule has 0 spiro atoms. The van der Waals surface area contributed by atoms with Crippen LogP contribution >= 0.6 is 23.4 Å². The van der Waals surface area contributed by atoms with Crippen molar-refractivity contribution in [2.75, 3.05) is 25.2 Å². The smallest absolute Gasteiger partial charge is 0.204 e. The van der Waals surface area contributed by atoms with Crippen LogP contribution in [0.2, 0.25) is 5.02 Å². The number of amides is 1. The number of aliphatic imine (C=N–C) groups is 1. The van der Waals surface area contributed by atoms with Crippen molar-refractivity contribution in [2.24, 2.45) is 21.6 Å². The number of carbonyl (C=O) groups is 1. The minimum atomic E-state index is -0.419. The van der Waals surface area contributed by atoms with Crippen molar-refractivity contribution in [1.29, 1.82) is 0 Å². The fourth-order valence-electron chi connectivity index (χ4n) is 3.29. The molecule has 0 aliphatic carbocycles. The Morgan fingerprint density at radius 3 is 2.73 bits per heavy atom. The molecule has 3 unspecified atom stereocenters. The molecule has 1 aromatic carbocycles. The van der Waals surface area contributed by atoms with E-state index < -0.39 is 5.82 Å². The van der Waals surface area contributed by atoms with Crippen LogP contribution in [-0.2, 0) is 25.5 Å². The van der Waals surface area contributed by atoms with E-state index in [1.807, 2.05) is 12.3 Å². The molecule has 1 aromatic rings. The summed E-state index contributed by atoms with van der Waals surface area (Å²) < 4.78 is 25.1. The molecule has 1 fully saturated rings. The number of hydrogen-bond acceptors (Lipinski definition) is 7. The van der Waals surface area contributed by atoms with Crippen LogP contribution in [0.25, 0.3) is 0 Å². The van der Waals surface area contributed by atoms with Crippen molar-refractivity contribution in [1.82, 2.24) is 0 Å². The van der Waals surface area contributed by atoms with Gasteiger partial charge in [-0.1, -0.05) is 28.9 Å². The number of primary amides is 1. The molecule has 1 amide bonds. The lowest BCUT2D eigenvalue weighted by atomic mass is 10.0. The zero-order chi connectivity index (χ0) is 24.2. The maximum atomic E-state index is 13.3. The van der Waals surface area contributed by atoms with Crippen LogP contribution in [0.1, 0.15) is 25.3 Å². The molecule has 182 valence electrons.